The molecule has 0 atom stereocenters. The second-order valence-electron chi connectivity index (χ2n) is 7.95. The molecule has 168 valence electrons. The van der Waals surface area contributed by atoms with Crippen LogP contribution in [0, 0.1) is 18.2 Å². The Morgan fingerprint density at radius 1 is 1.19 bits per heavy atom. The highest BCUT2D eigenvalue weighted by molar-refractivity contribution is 7.91. The number of ether oxygens (including phenoxy) is 2. The van der Waals surface area contributed by atoms with Gasteiger partial charge in [0.05, 0.1) is 17.8 Å². The summed E-state index contributed by atoms with van der Waals surface area (Å²) in [5.74, 6) is -0.784. The van der Waals surface area contributed by atoms with Crippen molar-refractivity contribution in [3.05, 3.63) is 65.6 Å². The van der Waals surface area contributed by atoms with E-state index in [0.717, 1.165) is 5.56 Å². The van der Waals surface area contributed by atoms with Crippen molar-refractivity contribution in [1.29, 1.82) is 0 Å². The third-order valence-electron chi connectivity index (χ3n) is 5.59. The lowest BCUT2D eigenvalue weighted by Crippen LogP contribution is -2.61. The van der Waals surface area contributed by atoms with Gasteiger partial charge in [0.15, 0.2) is 9.84 Å². The van der Waals surface area contributed by atoms with Gasteiger partial charge in [-0.3, -0.25) is 9.78 Å². The van der Waals surface area contributed by atoms with E-state index in [-0.39, 0.29) is 35.9 Å². The number of carbonyl (C=O) groups is 1. The molecule has 0 spiro atoms. The van der Waals surface area contributed by atoms with Crippen LogP contribution >= 0.6 is 0 Å². The van der Waals surface area contributed by atoms with E-state index >= 15 is 0 Å². The van der Waals surface area contributed by atoms with Gasteiger partial charge in [-0.2, -0.15) is 0 Å². The maximum Gasteiger partial charge on any atom is 0.315 e. The minimum absolute atomic E-state index is 0.104. The van der Waals surface area contributed by atoms with Crippen LogP contribution in [0.5, 0.6) is 5.75 Å². The van der Waals surface area contributed by atoms with Gasteiger partial charge in [0, 0.05) is 29.7 Å². The average molecular weight is 459 g/mol. The number of hydrogen-bond acceptors (Lipinski definition) is 7. The number of nitrogens with zero attached hydrogens (tertiary/aromatic N) is 1. The molecule has 1 N–H and O–H groups in total. The standard InChI is InChI=1S/C23H23FN2O5S/c1-15-10-16(19-4-3-5-20(24)21(19)26-15)11-31-17-6-8-18(9-7-17)32(28,29)14-23(12-25-13-23)22(27)30-2/h3-10,25H,11-14H2,1-2H3. The Bertz CT molecular complexity index is 1270. The lowest BCUT2D eigenvalue weighted by atomic mass is 9.84. The number of aryl methyl sites for hydroxylation is 1. The summed E-state index contributed by atoms with van der Waals surface area (Å²) < 4.78 is 50.4. The molecule has 2 heterocycles. The van der Waals surface area contributed by atoms with Gasteiger partial charge in [-0.15, -0.1) is 0 Å². The Labute approximate surface area is 185 Å². The Kier molecular flexibility index (Phi) is 5.87. The molecule has 0 radical (unpaired) electrons. The number of sulfone groups is 1. The molecule has 4 rings (SSSR count). The van der Waals surface area contributed by atoms with Crippen molar-refractivity contribution >= 4 is 26.7 Å². The van der Waals surface area contributed by atoms with Crippen molar-refractivity contribution in [3.8, 4) is 5.75 Å². The first-order chi connectivity index (χ1) is 15.2. The van der Waals surface area contributed by atoms with Crippen LogP contribution in [-0.4, -0.2) is 45.3 Å². The van der Waals surface area contributed by atoms with E-state index in [0.29, 0.717) is 16.8 Å². The fourth-order valence-corrected chi connectivity index (χ4v) is 5.61. The number of halogens is 1. The molecule has 0 aliphatic carbocycles. The molecule has 1 aromatic heterocycles. The minimum atomic E-state index is -3.70. The predicted octanol–water partition coefficient (Wildman–Crippen LogP) is 2.80. The zero-order chi connectivity index (χ0) is 22.9. The molecule has 7 nitrogen and oxygen atoms in total. The smallest absolute Gasteiger partial charge is 0.315 e. The summed E-state index contributed by atoms with van der Waals surface area (Å²) in [6, 6.07) is 12.6. The summed E-state index contributed by atoms with van der Waals surface area (Å²) >= 11 is 0. The van der Waals surface area contributed by atoms with Gasteiger partial charge in [-0.1, -0.05) is 12.1 Å². The summed E-state index contributed by atoms with van der Waals surface area (Å²) in [4.78, 5) is 16.4. The first kappa shape index (κ1) is 22.2. The number of pyridine rings is 1. The number of hydrogen-bond donors (Lipinski definition) is 1. The maximum atomic E-state index is 14.1. The summed E-state index contributed by atoms with van der Waals surface area (Å²) in [5.41, 5.74) is 0.685. The molecule has 9 heteroatoms. The lowest BCUT2D eigenvalue weighted by Gasteiger charge is -2.39. The molecule has 1 saturated heterocycles. The van der Waals surface area contributed by atoms with Crippen LogP contribution in [0.25, 0.3) is 10.9 Å². The Hall–Kier alpha value is -3.04. The molecule has 32 heavy (non-hydrogen) atoms. The number of benzene rings is 2. The highest BCUT2D eigenvalue weighted by Crippen LogP contribution is 2.30. The minimum Gasteiger partial charge on any atom is -0.489 e. The van der Waals surface area contributed by atoms with Crippen LogP contribution in [0.2, 0.25) is 0 Å². The topological polar surface area (TPSA) is 94.6 Å². The van der Waals surface area contributed by atoms with Crippen molar-refractivity contribution in [1.82, 2.24) is 10.3 Å². The van der Waals surface area contributed by atoms with E-state index in [4.69, 9.17) is 9.47 Å². The van der Waals surface area contributed by atoms with E-state index < -0.39 is 27.0 Å². The maximum absolute atomic E-state index is 14.1. The summed E-state index contributed by atoms with van der Waals surface area (Å²) in [6.07, 6.45) is 0. The summed E-state index contributed by atoms with van der Waals surface area (Å²) in [7, 11) is -2.45. The number of carbonyl (C=O) groups excluding carboxylic acids is 1. The number of nitrogens with one attached hydrogen (secondary N) is 1. The van der Waals surface area contributed by atoms with E-state index in [9.17, 15) is 17.6 Å². The summed E-state index contributed by atoms with van der Waals surface area (Å²) in [5, 5.41) is 3.60. The molecular formula is C23H23FN2O5S. The van der Waals surface area contributed by atoms with E-state index in [1.54, 1.807) is 31.2 Å². The van der Waals surface area contributed by atoms with Gasteiger partial charge in [0.1, 0.15) is 29.1 Å². The van der Waals surface area contributed by atoms with Crippen molar-refractivity contribution in [2.75, 3.05) is 26.0 Å². The van der Waals surface area contributed by atoms with Crippen molar-refractivity contribution in [2.45, 2.75) is 18.4 Å². The molecule has 0 amide bonds. The average Bonchev–Trinajstić information content (AvgIpc) is 2.75. The van der Waals surface area contributed by atoms with Crippen LogP contribution in [0.4, 0.5) is 4.39 Å². The van der Waals surface area contributed by atoms with Gasteiger partial charge in [0.2, 0.25) is 0 Å². The first-order valence-electron chi connectivity index (χ1n) is 10.0. The number of esters is 1. The number of methoxy groups -OCH3 is 1. The second-order valence-corrected chi connectivity index (χ2v) is 9.94. The monoisotopic (exact) mass is 458 g/mol. The van der Waals surface area contributed by atoms with E-state index in [1.807, 2.05) is 6.07 Å². The van der Waals surface area contributed by atoms with Crippen LogP contribution in [0.3, 0.4) is 0 Å². The SMILES string of the molecule is COC(=O)C1(CS(=O)(=O)c2ccc(OCc3cc(C)nc4c(F)cccc34)cc2)CNC1. The molecule has 1 fully saturated rings. The Morgan fingerprint density at radius 2 is 1.91 bits per heavy atom. The van der Waals surface area contributed by atoms with Crippen LogP contribution in [-0.2, 0) is 26.0 Å². The quantitative estimate of drug-likeness (QED) is 0.544. The Morgan fingerprint density at radius 3 is 2.53 bits per heavy atom. The molecule has 1 aliphatic heterocycles. The lowest BCUT2D eigenvalue weighted by molar-refractivity contribution is -0.154. The van der Waals surface area contributed by atoms with Crippen molar-refractivity contribution in [2.24, 2.45) is 5.41 Å². The molecule has 1 aliphatic rings. The molecule has 3 aromatic rings. The molecule has 0 bridgehead atoms. The Balaban J connectivity index is 1.50. The number of rotatable bonds is 7. The molecule has 0 saturated carbocycles. The van der Waals surface area contributed by atoms with Crippen molar-refractivity contribution < 1.29 is 27.1 Å². The second kappa shape index (κ2) is 8.48. The van der Waals surface area contributed by atoms with Gasteiger partial charge in [-0.05, 0) is 43.3 Å². The third-order valence-corrected chi connectivity index (χ3v) is 7.52. The zero-order valence-corrected chi connectivity index (χ0v) is 18.5. The fourth-order valence-electron chi connectivity index (χ4n) is 3.85. The highest BCUT2D eigenvalue weighted by Gasteiger charge is 2.49. The highest BCUT2D eigenvalue weighted by atomic mass is 32.2. The third kappa shape index (κ3) is 4.18. The summed E-state index contributed by atoms with van der Waals surface area (Å²) in [6.45, 7) is 2.49. The van der Waals surface area contributed by atoms with Gasteiger partial charge in [0.25, 0.3) is 0 Å². The number of aromatic nitrogens is 1. The van der Waals surface area contributed by atoms with Crippen LogP contribution < -0.4 is 10.1 Å². The van der Waals surface area contributed by atoms with E-state index in [2.05, 4.69) is 10.3 Å². The predicted molar refractivity (Wildman–Crippen MR) is 117 cm³/mol. The largest absolute Gasteiger partial charge is 0.489 e. The fraction of sp³-hybridized carbons (Fsp3) is 0.304. The van der Waals surface area contributed by atoms with Crippen LogP contribution in [0.1, 0.15) is 11.3 Å². The van der Waals surface area contributed by atoms with Gasteiger partial charge in [-0.25, -0.2) is 12.8 Å². The number of para-hydroxylation sites is 1. The van der Waals surface area contributed by atoms with Crippen LogP contribution in [0.15, 0.2) is 53.4 Å². The normalized spacial score (nSPS) is 15.2. The van der Waals surface area contributed by atoms with Crippen molar-refractivity contribution in [3.63, 3.8) is 0 Å². The van der Waals surface area contributed by atoms with Gasteiger partial charge >= 0.3 is 5.97 Å². The molecule has 0 unspecified atom stereocenters. The van der Waals surface area contributed by atoms with E-state index in [1.165, 1.54) is 25.3 Å². The van der Waals surface area contributed by atoms with Gasteiger partial charge < -0.3 is 14.8 Å². The number of fused-ring (bicyclic) bond motifs is 1. The molecular weight excluding hydrogens is 435 g/mol. The zero-order valence-electron chi connectivity index (χ0n) is 17.7. The molecule has 2 aromatic carbocycles. The first-order valence-corrected chi connectivity index (χ1v) is 11.7.